The molecule has 0 radical (unpaired) electrons. The Kier molecular flexibility index (Phi) is 9.78. The Balaban J connectivity index is 3.60. The number of Topliss-reactive ketones (excluding diaryl/α,β-unsaturated/α-hetero) is 1. The van der Waals surface area contributed by atoms with Crippen LogP contribution in [0.3, 0.4) is 0 Å². The van der Waals surface area contributed by atoms with Crippen LogP contribution in [0.15, 0.2) is 0 Å². The third-order valence-electron chi connectivity index (χ3n) is 2.90. The van der Waals surface area contributed by atoms with Crippen molar-refractivity contribution in [1.29, 1.82) is 0 Å². The summed E-state index contributed by atoms with van der Waals surface area (Å²) in [6, 6.07) is 0. The van der Waals surface area contributed by atoms with E-state index in [1.807, 2.05) is 6.92 Å². The van der Waals surface area contributed by atoms with Gasteiger partial charge in [-0.05, 0) is 19.8 Å². The van der Waals surface area contributed by atoms with Crippen LogP contribution in [0.5, 0.6) is 0 Å². The first-order valence-corrected chi connectivity index (χ1v) is 6.80. The van der Waals surface area contributed by atoms with Crippen LogP contribution in [0.2, 0.25) is 0 Å². The molecule has 0 saturated carbocycles. The quantitative estimate of drug-likeness (QED) is 0.435. The van der Waals surface area contributed by atoms with E-state index in [0.29, 0.717) is 25.9 Å². The first-order chi connectivity index (χ1) is 8.11. The van der Waals surface area contributed by atoms with Crippen molar-refractivity contribution in [3.63, 3.8) is 0 Å². The van der Waals surface area contributed by atoms with Crippen LogP contribution >= 0.6 is 0 Å². The standard InChI is InChI=1S/C14H26O3/c1-4-6-7-9-12(3)13(15)10-8-11-14(16)17-5-2/h12H,4-11H2,1-3H3. The van der Waals surface area contributed by atoms with Crippen molar-refractivity contribution in [2.24, 2.45) is 5.92 Å². The summed E-state index contributed by atoms with van der Waals surface area (Å²) in [6.07, 6.45) is 5.97. The maximum atomic E-state index is 11.7. The van der Waals surface area contributed by atoms with E-state index in [-0.39, 0.29) is 17.7 Å². The van der Waals surface area contributed by atoms with Crippen molar-refractivity contribution >= 4 is 11.8 Å². The van der Waals surface area contributed by atoms with Gasteiger partial charge < -0.3 is 4.74 Å². The van der Waals surface area contributed by atoms with Crippen molar-refractivity contribution in [2.75, 3.05) is 6.61 Å². The second-order valence-electron chi connectivity index (χ2n) is 4.52. The van der Waals surface area contributed by atoms with Gasteiger partial charge in [0.2, 0.25) is 0 Å². The number of esters is 1. The number of rotatable bonds is 10. The fourth-order valence-electron chi connectivity index (χ4n) is 1.75. The number of carbonyl (C=O) groups is 2. The molecule has 0 rings (SSSR count). The molecule has 0 aromatic carbocycles. The van der Waals surface area contributed by atoms with Crippen LogP contribution in [-0.4, -0.2) is 18.4 Å². The van der Waals surface area contributed by atoms with Crippen LogP contribution in [0.1, 0.15) is 65.7 Å². The second-order valence-corrected chi connectivity index (χ2v) is 4.52. The molecule has 0 aliphatic rings. The zero-order chi connectivity index (χ0) is 13.1. The van der Waals surface area contributed by atoms with E-state index in [9.17, 15) is 9.59 Å². The Bertz CT molecular complexity index is 224. The lowest BCUT2D eigenvalue weighted by atomic mass is 9.95. The number of ketones is 1. The molecule has 0 amide bonds. The Morgan fingerprint density at radius 3 is 2.35 bits per heavy atom. The summed E-state index contributed by atoms with van der Waals surface area (Å²) in [6.45, 7) is 6.35. The summed E-state index contributed by atoms with van der Waals surface area (Å²) in [5.41, 5.74) is 0. The van der Waals surface area contributed by atoms with Crippen LogP contribution < -0.4 is 0 Å². The highest BCUT2D eigenvalue weighted by Gasteiger charge is 2.12. The minimum Gasteiger partial charge on any atom is -0.466 e. The van der Waals surface area contributed by atoms with Crippen molar-refractivity contribution < 1.29 is 14.3 Å². The molecule has 0 bridgehead atoms. The van der Waals surface area contributed by atoms with Gasteiger partial charge in [-0.2, -0.15) is 0 Å². The first kappa shape index (κ1) is 16.1. The third-order valence-corrected chi connectivity index (χ3v) is 2.90. The fraction of sp³-hybridized carbons (Fsp3) is 0.857. The van der Waals surface area contributed by atoms with Gasteiger partial charge in [0.05, 0.1) is 6.61 Å². The van der Waals surface area contributed by atoms with E-state index >= 15 is 0 Å². The molecule has 0 N–H and O–H groups in total. The van der Waals surface area contributed by atoms with Gasteiger partial charge >= 0.3 is 5.97 Å². The molecule has 100 valence electrons. The van der Waals surface area contributed by atoms with Crippen LogP contribution in [0.25, 0.3) is 0 Å². The van der Waals surface area contributed by atoms with Crippen molar-refractivity contribution in [3.8, 4) is 0 Å². The van der Waals surface area contributed by atoms with E-state index in [2.05, 4.69) is 6.92 Å². The number of unbranched alkanes of at least 4 members (excludes halogenated alkanes) is 2. The van der Waals surface area contributed by atoms with Gasteiger partial charge in [0.25, 0.3) is 0 Å². The number of carbonyl (C=O) groups excluding carboxylic acids is 2. The lowest BCUT2D eigenvalue weighted by Crippen LogP contribution is -2.12. The zero-order valence-electron chi connectivity index (χ0n) is 11.5. The Morgan fingerprint density at radius 2 is 1.76 bits per heavy atom. The smallest absolute Gasteiger partial charge is 0.305 e. The molecule has 0 aliphatic carbocycles. The molecule has 0 aromatic heterocycles. The molecule has 1 unspecified atom stereocenters. The molecular formula is C14H26O3. The van der Waals surface area contributed by atoms with Gasteiger partial charge in [-0.25, -0.2) is 0 Å². The highest BCUT2D eigenvalue weighted by Crippen LogP contribution is 2.13. The van der Waals surface area contributed by atoms with Crippen molar-refractivity contribution in [1.82, 2.24) is 0 Å². The van der Waals surface area contributed by atoms with Crippen molar-refractivity contribution in [3.05, 3.63) is 0 Å². The second kappa shape index (κ2) is 10.3. The Hall–Kier alpha value is -0.860. The first-order valence-electron chi connectivity index (χ1n) is 6.80. The average Bonchev–Trinajstić information content (AvgIpc) is 2.29. The van der Waals surface area contributed by atoms with Gasteiger partial charge in [-0.3, -0.25) is 9.59 Å². The lowest BCUT2D eigenvalue weighted by Gasteiger charge is -2.09. The summed E-state index contributed by atoms with van der Waals surface area (Å²) in [5.74, 6) is 0.230. The van der Waals surface area contributed by atoms with E-state index in [0.717, 1.165) is 12.8 Å². The maximum absolute atomic E-state index is 11.7. The SMILES string of the molecule is CCCCCC(C)C(=O)CCCC(=O)OCC. The summed E-state index contributed by atoms with van der Waals surface area (Å²) < 4.78 is 4.81. The molecule has 3 nitrogen and oxygen atoms in total. The van der Waals surface area contributed by atoms with Crippen LogP contribution in [0, 0.1) is 5.92 Å². The molecule has 3 heteroatoms. The summed E-state index contributed by atoms with van der Waals surface area (Å²) >= 11 is 0. The van der Waals surface area contributed by atoms with E-state index < -0.39 is 0 Å². The van der Waals surface area contributed by atoms with E-state index in [4.69, 9.17) is 4.74 Å². The van der Waals surface area contributed by atoms with Gasteiger partial charge in [0, 0.05) is 18.8 Å². The molecule has 0 heterocycles. The zero-order valence-corrected chi connectivity index (χ0v) is 11.5. The fourth-order valence-corrected chi connectivity index (χ4v) is 1.75. The monoisotopic (exact) mass is 242 g/mol. The minimum atomic E-state index is -0.195. The molecule has 0 saturated heterocycles. The summed E-state index contributed by atoms with van der Waals surface area (Å²) in [7, 11) is 0. The van der Waals surface area contributed by atoms with Crippen LogP contribution in [-0.2, 0) is 14.3 Å². The molecule has 0 aliphatic heterocycles. The number of hydrogen-bond acceptors (Lipinski definition) is 3. The molecule has 0 fully saturated rings. The normalized spacial score (nSPS) is 12.2. The lowest BCUT2D eigenvalue weighted by molar-refractivity contribution is -0.143. The molecule has 0 spiro atoms. The minimum absolute atomic E-state index is 0.142. The van der Waals surface area contributed by atoms with E-state index in [1.165, 1.54) is 12.8 Å². The van der Waals surface area contributed by atoms with Crippen LogP contribution in [0.4, 0.5) is 0 Å². The highest BCUT2D eigenvalue weighted by atomic mass is 16.5. The molecule has 0 aromatic rings. The largest absolute Gasteiger partial charge is 0.466 e. The van der Waals surface area contributed by atoms with Gasteiger partial charge in [0.1, 0.15) is 5.78 Å². The highest BCUT2D eigenvalue weighted by molar-refractivity contribution is 5.81. The average molecular weight is 242 g/mol. The summed E-state index contributed by atoms with van der Waals surface area (Å²) in [4.78, 5) is 22.8. The Labute approximate surface area is 105 Å². The maximum Gasteiger partial charge on any atom is 0.305 e. The van der Waals surface area contributed by atoms with Gasteiger partial charge in [-0.15, -0.1) is 0 Å². The molecular weight excluding hydrogens is 216 g/mol. The van der Waals surface area contributed by atoms with Gasteiger partial charge in [-0.1, -0.05) is 33.1 Å². The molecule has 17 heavy (non-hydrogen) atoms. The predicted molar refractivity (Wildman–Crippen MR) is 68.8 cm³/mol. The van der Waals surface area contributed by atoms with Gasteiger partial charge in [0.15, 0.2) is 0 Å². The number of hydrogen-bond donors (Lipinski definition) is 0. The number of ether oxygens (including phenoxy) is 1. The summed E-state index contributed by atoms with van der Waals surface area (Å²) in [5, 5.41) is 0. The Morgan fingerprint density at radius 1 is 1.06 bits per heavy atom. The predicted octanol–water partition coefficient (Wildman–Crippen LogP) is 3.51. The molecule has 1 atom stereocenters. The topological polar surface area (TPSA) is 43.4 Å². The third kappa shape index (κ3) is 8.90. The van der Waals surface area contributed by atoms with Crippen molar-refractivity contribution in [2.45, 2.75) is 65.7 Å². The van der Waals surface area contributed by atoms with E-state index in [1.54, 1.807) is 6.92 Å².